The summed E-state index contributed by atoms with van der Waals surface area (Å²) in [5.41, 5.74) is 1.73. The maximum atomic E-state index is 11.6. The fourth-order valence-corrected chi connectivity index (χ4v) is 3.22. The van der Waals surface area contributed by atoms with Gasteiger partial charge in [-0.3, -0.25) is 0 Å². The van der Waals surface area contributed by atoms with Gasteiger partial charge in [0, 0.05) is 11.8 Å². The van der Waals surface area contributed by atoms with Crippen LogP contribution in [0.15, 0.2) is 41.6 Å². The second-order valence-electron chi connectivity index (χ2n) is 5.68. The van der Waals surface area contributed by atoms with Gasteiger partial charge in [-0.05, 0) is 30.5 Å². The average Bonchev–Trinajstić information content (AvgIpc) is 3.07. The van der Waals surface area contributed by atoms with Crippen molar-refractivity contribution in [2.75, 3.05) is 5.32 Å². The van der Waals surface area contributed by atoms with Crippen LogP contribution in [-0.2, 0) is 16.4 Å². The number of fused-ring (bicyclic) bond motifs is 1. The van der Waals surface area contributed by atoms with Gasteiger partial charge >= 0.3 is 0 Å². The Morgan fingerprint density at radius 2 is 2.08 bits per heavy atom. The van der Waals surface area contributed by atoms with Crippen LogP contribution in [0.25, 0.3) is 5.78 Å². The van der Waals surface area contributed by atoms with Crippen molar-refractivity contribution < 1.29 is 8.42 Å². The van der Waals surface area contributed by atoms with E-state index in [2.05, 4.69) is 20.4 Å². The molecule has 0 aliphatic heterocycles. The zero-order valence-corrected chi connectivity index (χ0v) is 14.9. The Hall–Kier alpha value is -2.52. The van der Waals surface area contributed by atoms with Gasteiger partial charge in [0.05, 0.1) is 10.9 Å². The minimum absolute atomic E-state index is 0.0973. The van der Waals surface area contributed by atoms with Crippen LogP contribution in [-0.4, -0.2) is 28.0 Å². The van der Waals surface area contributed by atoms with E-state index in [0.717, 1.165) is 29.9 Å². The molecular formula is C16H20N6O2S. The van der Waals surface area contributed by atoms with Crippen LogP contribution in [0.4, 0.5) is 5.82 Å². The molecule has 1 unspecified atom stereocenters. The van der Waals surface area contributed by atoms with Gasteiger partial charge in [0.2, 0.25) is 10.0 Å². The van der Waals surface area contributed by atoms with E-state index in [9.17, 15) is 8.42 Å². The van der Waals surface area contributed by atoms with Crippen LogP contribution in [0, 0.1) is 0 Å². The molecule has 0 aliphatic rings. The lowest BCUT2D eigenvalue weighted by Gasteiger charge is -2.20. The summed E-state index contributed by atoms with van der Waals surface area (Å²) in [5, 5.41) is 12.8. The van der Waals surface area contributed by atoms with Gasteiger partial charge in [0.1, 0.15) is 12.1 Å². The zero-order valence-electron chi connectivity index (χ0n) is 14.0. The highest BCUT2D eigenvalue weighted by molar-refractivity contribution is 7.89. The summed E-state index contributed by atoms with van der Waals surface area (Å²) >= 11 is 0. The van der Waals surface area contributed by atoms with E-state index in [1.165, 1.54) is 12.4 Å². The molecule has 25 heavy (non-hydrogen) atoms. The number of hydrogen-bond donors (Lipinski definition) is 2. The third-order valence-corrected chi connectivity index (χ3v) is 4.90. The first-order chi connectivity index (χ1) is 11.9. The fourth-order valence-electron chi connectivity index (χ4n) is 2.65. The number of anilines is 1. The van der Waals surface area contributed by atoms with Crippen molar-refractivity contribution in [3.63, 3.8) is 0 Å². The first-order valence-corrected chi connectivity index (χ1v) is 9.56. The molecule has 132 valence electrons. The molecule has 8 nitrogen and oxygen atoms in total. The summed E-state index contributed by atoms with van der Waals surface area (Å²) in [5.74, 6) is 1.28. The van der Waals surface area contributed by atoms with E-state index >= 15 is 0 Å². The molecule has 3 aromatic rings. The molecule has 2 heterocycles. The van der Waals surface area contributed by atoms with Crippen LogP contribution in [0.3, 0.4) is 0 Å². The summed E-state index contributed by atoms with van der Waals surface area (Å²) in [6.07, 6.45) is 2.97. The highest BCUT2D eigenvalue weighted by Crippen LogP contribution is 2.25. The Morgan fingerprint density at radius 3 is 2.76 bits per heavy atom. The number of rotatable bonds is 6. The monoisotopic (exact) mass is 360 g/mol. The molecule has 0 amide bonds. The molecule has 0 saturated heterocycles. The van der Waals surface area contributed by atoms with Crippen molar-refractivity contribution in [3.05, 3.63) is 47.9 Å². The van der Waals surface area contributed by atoms with Crippen molar-refractivity contribution in [2.45, 2.75) is 37.6 Å². The van der Waals surface area contributed by atoms with Crippen LogP contribution in [0.2, 0.25) is 0 Å². The van der Waals surface area contributed by atoms with E-state index < -0.39 is 10.0 Å². The smallest absolute Gasteiger partial charge is 0.254 e. The summed E-state index contributed by atoms with van der Waals surface area (Å²) in [6.45, 7) is 4.04. The summed E-state index contributed by atoms with van der Waals surface area (Å²) < 4.78 is 24.8. The van der Waals surface area contributed by atoms with Crippen molar-refractivity contribution >= 4 is 21.6 Å². The molecule has 0 spiro atoms. The first-order valence-electron chi connectivity index (χ1n) is 8.01. The number of nitrogens with one attached hydrogen (secondary N) is 1. The van der Waals surface area contributed by atoms with Crippen molar-refractivity contribution in [3.8, 4) is 0 Å². The molecule has 0 aliphatic carbocycles. The number of aromatic nitrogens is 4. The zero-order chi connectivity index (χ0) is 18.0. The third kappa shape index (κ3) is 3.62. The Labute approximate surface area is 146 Å². The molecule has 3 N–H and O–H groups in total. The van der Waals surface area contributed by atoms with Gasteiger partial charge in [0.15, 0.2) is 0 Å². The normalized spacial score (nSPS) is 13.1. The number of nitrogens with two attached hydrogens (primary N) is 1. The van der Waals surface area contributed by atoms with Gasteiger partial charge in [-0.15, -0.1) is 0 Å². The maximum Gasteiger partial charge on any atom is 0.254 e. The second-order valence-corrected chi connectivity index (χ2v) is 7.24. The van der Waals surface area contributed by atoms with Gasteiger partial charge in [0.25, 0.3) is 5.78 Å². The minimum Gasteiger partial charge on any atom is -0.363 e. The Morgan fingerprint density at radius 1 is 1.28 bits per heavy atom. The van der Waals surface area contributed by atoms with Crippen LogP contribution < -0.4 is 10.5 Å². The Bertz CT molecular complexity index is 999. The molecule has 3 rings (SSSR count). The van der Waals surface area contributed by atoms with Gasteiger partial charge in [-0.1, -0.05) is 26.0 Å². The lowest BCUT2D eigenvalue weighted by atomic mass is 10.0. The Balaban J connectivity index is 2.00. The molecule has 1 atom stereocenters. The van der Waals surface area contributed by atoms with Crippen molar-refractivity contribution in [1.82, 2.24) is 19.6 Å². The molecule has 0 saturated carbocycles. The number of benzene rings is 1. The standard InChI is InChI=1S/C16H20N6O2S/c1-3-12-9-15(22-16(20-12)18-10-19-22)21-14(4-2)11-6-5-7-13(8-11)25(17,23)24/h5-10,14,21H,3-4H2,1-2H3,(H2,17,23,24). The largest absolute Gasteiger partial charge is 0.363 e. The van der Waals surface area contributed by atoms with E-state index in [0.29, 0.717) is 5.78 Å². The summed E-state index contributed by atoms with van der Waals surface area (Å²) in [4.78, 5) is 8.66. The van der Waals surface area contributed by atoms with E-state index in [-0.39, 0.29) is 10.9 Å². The van der Waals surface area contributed by atoms with Gasteiger partial charge < -0.3 is 5.32 Å². The maximum absolute atomic E-state index is 11.6. The van der Waals surface area contributed by atoms with Crippen molar-refractivity contribution in [1.29, 1.82) is 0 Å². The summed E-state index contributed by atoms with van der Waals surface area (Å²) in [7, 11) is -3.74. The Kier molecular flexibility index (Phi) is 4.69. The fraction of sp³-hybridized carbons (Fsp3) is 0.312. The number of nitrogens with zero attached hydrogens (tertiary/aromatic N) is 4. The molecule has 0 radical (unpaired) electrons. The SMILES string of the molecule is CCc1cc(NC(CC)c2cccc(S(N)(=O)=O)c2)n2ncnc2n1. The number of hydrogen-bond acceptors (Lipinski definition) is 6. The topological polar surface area (TPSA) is 115 Å². The van der Waals surface area contributed by atoms with Crippen molar-refractivity contribution in [2.24, 2.45) is 5.14 Å². The van der Waals surface area contributed by atoms with E-state index in [4.69, 9.17) is 5.14 Å². The molecule has 0 fully saturated rings. The molecule has 0 bridgehead atoms. The van der Waals surface area contributed by atoms with Gasteiger partial charge in [-0.2, -0.15) is 14.6 Å². The second kappa shape index (κ2) is 6.77. The molecule has 2 aromatic heterocycles. The lowest BCUT2D eigenvalue weighted by Crippen LogP contribution is -2.16. The number of primary sulfonamides is 1. The highest BCUT2D eigenvalue weighted by atomic mass is 32.2. The molecule has 9 heteroatoms. The van der Waals surface area contributed by atoms with Crippen LogP contribution in [0.5, 0.6) is 0 Å². The van der Waals surface area contributed by atoms with Crippen LogP contribution in [0.1, 0.15) is 37.6 Å². The quantitative estimate of drug-likeness (QED) is 0.694. The average molecular weight is 360 g/mol. The van der Waals surface area contributed by atoms with Gasteiger partial charge in [-0.25, -0.2) is 18.5 Å². The number of sulfonamides is 1. The number of aryl methyl sites for hydroxylation is 1. The third-order valence-electron chi connectivity index (χ3n) is 3.99. The van der Waals surface area contributed by atoms with E-state index in [1.54, 1.807) is 16.6 Å². The molecule has 1 aromatic carbocycles. The lowest BCUT2D eigenvalue weighted by molar-refractivity contribution is 0.597. The molecular weight excluding hydrogens is 340 g/mol. The van der Waals surface area contributed by atoms with Crippen LogP contribution >= 0.6 is 0 Å². The predicted molar refractivity (Wildman–Crippen MR) is 94.6 cm³/mol. The van der Waals surface area contributed by atoms with E-state index in [1.807, 2.05) is 26.0 Å². The summed E-state index contributed by atoms with van der Waals surface area (Å²) in [6, 6.07) is 8.46. The minimum atomic E-state index is -3.74. The highest BCUT2D eigenvalue weighted by Gasteiger charge is 2.16. The predicted octanol–water partition coefficient (Wildman–Crippen LogP) is 1.90. The first kappa shape index (κ1) is 17.3.